The summed E-state index contributed by atoms with van der Waals surface area (Å²) in [6.45, 7) is 11.0. The molecule has 1 atom stereocenters. The van der Waals surface area contributed by atoms with Crippen molar-refractivity contribution >= 4 is 29.0 Å². The van der Waals surface area contributed by atoms with Gasteiger partial charge in [-0.1, -0.05) is 48.5 Å². The number of nitrogens with two attached hydrogens (primary N) is 1. The van der Waals surface area contributed by atoms with Crippen molar-refractivity contribution in [3.63, 3.8) is 0 Å². The Hall–Kier alpha value is -4.49. The van der Waals surface area contributed by atoms with E-state index in [0.29, 0.717) is 29.2 Å². The van der Waals surface area contributed by atoms with Gasteiger partial charge in [-0.05, 0) is 77.7 Å². The predicted molar refractivity (Wildman–Crippen MR) is 154 cm³/mol. The number of hydrazone groups is 1. The molecular weight excluding hydrogens is 496 g/mol. The number of halogens is 1. The minimum atomic E-state index is -0.134. The number of fused-ring (bicyclic) bond motifs is 1. The standard InChI is InChI=1S/C30H29ClN6O/c1-4-6-27-25(5-2)26-16-21(29(35-32)36-33)11-14-28(26)37(27)18-23-10-9-22(15-19(23)3)30(38)34-17-20-7-12-24(31)13-8-20/h4-16,25,32H,1-2,17-18,33H2,3H3,(H,34,38). The largest absolute Gasteiger partial charge is 0.348 e. The van der Waals surface area contributed by atoms with Crippen molar-refractivity contribution in [1.29, 1.82) is 5.53 Å². The summed E-state index contributed by atoms with van der Waals surface area (Å²) in [6, 6.07) is 18.9. The Balaban J connectivity index is 1.59. The molecule has 8 heteroatoms. The highest BCUT2D eigenvalue weighted by atomic mass is 35.5. The molecule has 0 aromatic heterocycles. The van der Waals surface area contributed by atoms with Crippen molar-refractivity contribution in [2.75, 3.05) is 4.90 Å². The van der Waals surface area contributed by atoms with E-state index in [4.69, 9.17) is 23.0 Å². The van der Waals surface area contributed by atoms with E-state index in [0.717, 1.165) is 33.6 Å². The topological polar surface area (TPSA) is 107 Å². The number of benzene rings is 3. The lowest BCUT2D eigenvalue weighted by molar-refractivity contribution is 0.0951. The number of carbonyl (C=O) groups is 1. The molecule has 7 nitrogen and oxygen atoms in total. The van der Waals surface area contributed by atoms with Crippen LogP contribution in [0.2, 0.25) is 5.02 Å². The van der Waals surface area contributed by atoms with E-state index in [9.17, 15) is 4.79 Å². The van der Waals surface area contributed by atoms with E-state index in [1.165, 1.54) is 0 Å². The first-order valence-electron chi connectivity index (χ1n) is 12.0. The maximum atomic E-state index is 12.8. The summed E-state index contributed by atoms with van der Waals surface area (Å²) in [5.74, 6) is 5.37. The summed E-state index contributed by atoms with van der Waals surface area (Å²) in [5.41, 5.74) is 14.8. The van der Waals surface area contributed by atoms with Crippen LogP contribution in [0.5, 0.6) is 0 Å². The number of aryl methyl sites for hydroxylation is 1. The number of nitrogens with zero attached hydrogens (tertiary/aromatic N) is 3. The number of rotatable bonds is 8. The van der Waals surface area contributed by atoms with Crippen molar-refractivity contribution < 1.29 is 4.79 Å². The third-order valence-electron chi connectivity index (χ3n) is 6.59. The van der Waals surface area contributed by atoms with Crippen molar-refractivity contribution in [3.8, 4) is 0 Å². The third kappa shape index (κ3) is 5.43. The van der Waals surface area contributed by atoms with Gasteiger partial charge < -0.3 is 16.1 Å². The summed E-state index contributed by atoms with van der Waals surface area (Å²) in [4.78, 5) is 15.0. The number of hydrogen-bond donors (Lipinski definition) is 3. The molecule has 1 aliphatic heterocycles. The molecule has 0 fully saturated rings. The van der Waals surface area contributed by atoms with Gasteiger partial charge in [-0.15, -0.1) is 11.7 Å². The SMILES string of the molecule is C=CC=C1C(C=C)c2cc(C(N=N)=NN)ccc2N1Cc1ccc(C(=O)NCc2ccc(Cl)cc2)cc1C. The molecule has 0 saturated carbocycles. The van der Waals surface area contributed by atoms with Crippen LogP contribution in [-0.4, -0.2) is 11.7 Å². The van der Waals surface area contributed by atoms with Gasteiger partial charge in [0.2, 0.25) is 0 Å². The summed E-state index contributed by atoms with van der Waals surface area (Å²) < 4.78 is 0. The number of carbonyl (C=O) groups excluding carboxylic acids is 1. The minimum absolute atomic E-state index is 0.0778. The monoisotopic (exact) mass is 524 g/mol. The molecule has 1 unspecified atom stereocenters. The zero-order valence-corrected chi connectivity index (χ0v) is 21.9. The molecule has 0 saturated heterocycles. The van der Waals surface area contributed by atoms with Crippen LogP contribution in [0, 0.1) is 12.5 Å². The zero-order chi connectivity index (χ0) is 27.2. The average Bonchev–Trinajstić information content (AvgIpc) is 3.21. The molecule has 3 aromatic carbocycles. The molecule has 1 aliphatic rings. The van der Waals surface area contributed by atoms with Crippen molar-refractivity contribution in [2.45, 2.75) is 25.9 Å². The number of hydrogen-bond acceptors (Lipinski definition) is 5. The van der Waals surface area contributed by atoms with Gasteiger partial charge in [0.25, 0.3) is 5.91 Å². The Kier molecular flexibility index (Phi) is 8.19. The van der Waals surface area contributed by atoms with Gasteiger partial charge in [-0.3, -0.25) is 4.79 Å². The van der Waals surface area contributed by atoms with Crippen molar-refractivity contribution in [3.05, 3.63) is 136 Å². The van der Waals surface area contributed by atoms with Crippen LogP contribution in [0.25, 0.3) is 0 Å². The van der Waals surface area contributed by atoms with E-state index >= 15 is 0 Å². The normalized spacial score (nSPS) is 15.7. The first-order valence-corrected chi connectivity index (χ1v) is 12.4. The maximum Gasteiger partial charge on any atom is 0.251 e. The molecule has 4 rings (SSSR count). The Bertz CT molecular complexity index is 1460. The van der Waals surface area contributed by atoms with Gasteiger partial charge in [0.05, 0.1) is 0 Å². The van der Waals surface area contributed by atoms with E-state index < -0.39 is 0 Å². The zero-order valence-electron chi connectivity index (χ0n) is 21.1. The highest BCUT2D eigenvalue weighted by molar-refractivity contribution is 6.30. The molecule has 4 N–H and O–H groups in total. The van der Waals surface area contributed by atoms with Gasteiger partial charge in [-0.2, -0.15) is 5.10 Å². The average molecular weight is 525 g/mol. The second-order valence-electron chi connectivity index (χ2n) is 8.92. The highest BCUT2D eigenvalue weighted by Crippen LogP contribution is 2.45. The quantitative estimate of drug-likeness (QED) is 0.0772. The van der Waals surface area contributed by atoms with E-state index in [-0.39, 0.29) is 17.7 Å². The number of amidine groups is 1. The lowest BCUT2D eigenvalue weighted by Crippen LogP contribution is -2.23. The number of anilines is 1. The molecule has 0 spiro atoms. The van der Waals surface area contributed by atoms with Gasteiger partial charge in [-0.25, -0.2) is 5.53 Å². The van der Waals surface area contributed by atoms with Crippen LogP contribution in [-0.2, 0) is 13.1 Å². The number of allylic oxidation sites excluding steroid dienone is 3. The van der Waals surface area contributed by atoms with Crippen LogP contribution >= 0.6 is 11.6 Å². The highest BCUT2D eigenvalue weighted by Gasteiger charge is 2.32. The predicted octanol–water partition coefficient (Wildman–Crippen LogP) is 6.59. The molecular formula is C30H29ClN6O. The van der Waals surface area contributed by atoms with Gasteiger partial charge in [0.15, 0.2) is 5.84 Å². The summed E-state index contributed by atoms with van der Waals surface area (Å²) in [5, 5.41) is 10.7. The molecule has 0 aliphatic carbocycles. The number of amides is 1. The maximum absolute atomic E-state index is 12.8. The van der Waals surface area contributed by atoms with E-state index in [2.05, 4.69) is 33.6 Å². The molecule has 38 heavy (non-hydrogen) atoms. The second kappa shape index (κ2) is 11.7. The summed E-state index contributed by atoms with van der Waals surface area (Å²) in [7, 11) is 0. The second-order valence-corrected chi connectivity index (χ2v) is 9.35. The molecule has 1 amide bonds. The first kappa shape index (κ1) is 26.6. The Morgan fingerprint density at radius 3 is 2.50 bits per heavy atom. The lowest BCUT2D eigenvalue weighted by atomic mass is 9.96. The molecule has 3 aromatic rings. The van der Waals surface area contributed by atoms with E-state index in [1.807, 2.05) is 67.6 Å². The third-order valence-corrected chi connectivity index (χ3v) is 6.85. The van der Waals surface area contributed by atoms with Crippen LogP contribution in [0.1, 0.15) is 44.1 Å². The molecule has 192 valence electrons. The lowest BCUT2D eigenvalue weighted by Gasteiger charge is -2.24. The molecule has 0 radical (unpaired) electrons. The minimum Gasteiger partial charge on any atom is -0.348 e. The van der Waals surface area contributed by atoms with Crippen LogP contribution in [0.3, 0.4) is 0 Å². The molecule has 0 bridgehead atoms. The van der Waals surface area contributed by atoms with Gasteiger partial charge in [0.1, 0.15) is 0 Å². The van der Waals surface area contributed by atoms with Crippen molar-refractivity contribution in [2.24, 2.45) is 16.1 Å². The summed E-state index contributed by atoms with van der Waals surface area (Å²) >= 11 is 5.94. The van der Waals surface area contributed by atoms with Crippen molar-refractivity contribution in [1.82, 2.24) is 5.32 Å². The Morgan fingerprint density at radius 1 is 1.13 bits per heavy atom. The fraction of sp³-hybridized carbons (Fsp3) is 0.133. The fourth-order valence-electron chi connectivity index (χ4n) is 4.63. The van der Waals surface area contributed by atoms with Crippen LogP contribution in [0.15, 0.2) is 108 Å². The first-order chi connectivity index (χ1) is 18.4. The Morgan fingerprint density at radius 2 is 1.87 bits per heavy atom. The van der Waals surface area contributed by atoms with Crippen LogP contribution < -0.4 is 16.1 Å². The Labute approximate surface area is 227 Å². The van der Waals surface area contributed by atoms with Crippen LogP contribution in [0.4, 0.5) is 5.69 Å². The van der Waals surface area contributed by atoms with Gasteiger partial charge in [0, 0.05) is 46.5 Å². The summed E-state index contributed by atoms with van der Waals surface area (Å²) in [6.07, 6.45) is 5.63. The number of nitrogens with one attached hydrogen (secondary N) is 2. The van der Waals surface area contributed by atoms with Gasteiger partial charge >= 0.3 is 0 Å². The van der Waals surface area contributed by atoms with E-state index in [1.54, 1.807) is 18.2 Å². The smallest absolute Gasteiger partial charge is 0.251 e. The fourth-order valence-corrected chi connectivity index (χ4v) is 4.76. The molecule has 1 heterocycles.